The summed E-state index contributed by atoms with van der Waals surface area (Å²) in [5.74, 6) is 1.53. The highest BCUT2D eigenvalue weighted by Gasteiger charge is 2.15. The van der Waals surface area contributed by atoms with E-state index in [-0.39, 0.29) is 5.91 Å². The van der Waals surface area contributed by atoms with Gasteiger partial charge < -0.3 is 18.9 Å². The molecule has 0 saturated carbocycles. The van der Waals surface area contributed by atoms with Gasteiger partial charge in [-0.15, -0.1) is 0 Å². The molecule has 7 nitrogen and oxygen atoms in total. The first-order valence-electron chi connectivity index (χ1n) is 7.41. The van der Waals surface area contributed by atoms with Crippen LogP contribution in [0.3, 0.4) is 0 Å². The van der Waals surface area contributed by atoms with Gasteiger partial charge in [-0.05, 0) is 24.3 Å². The van der Waals surface area contributed by atoms with Crippen LogP contribution in [0.1, 0.15) is 15.9 Å². The molecule has 2 rings (SSSR count). The molecule has 0 atom stereocenters. The van der Waals surface area contributed by atoms with Crippen molar-refractivity contribution < 1.29 is 23.7 Å². The molecular weight excluding hydrogens is 324 g/mol. The fourth-order valence-electron chi connectivity index (χ4n) is 2.28. The highest BCUT2D eigenvalue weighted by atomic mass is 16.5. The number of nitrogens with zero attached hydrogens (tertiary/aromatic N) is 1. The summed E-state index contributed by atoms with van der Waals surface area (Å²) in [6.07, 6.45) is 1.47. The second kappa shape index (κ2) is 8.58. The lowest BCUT2D eigenvalue weighted by Gasteiger charge is -2.13. The summed E-state index contributed by atoms with van der Waals surface area (Å²) in [5, 5.41) is 3.98. The number of carbonyl (C=O) groups excluding carboxylic acids is 1. The molecule has 1 amide bonds. The lowest BCUT2D eigenvalue weighted by molar-refractivity contribution is 0.0952. The summed E-state index contributed by atoms with van der Waals surface area (Å²) in [4.78, 5) is 12.2. The number of methoxy groups -OCH3 is 4. The SMILES string of the molecule is COc1ccccc1C(=O)NN=Cc1ccc(OC)c(OC)c1OC. The van der Waals surface area contributed by atoms with Crippen molar-refractivity contribution in [1.29, 1.82) is 0 Å². The Labute approximate surface area is 146 Å². The largest absolute Gasteiger partial charge is 0.496 e. The topological polar surface area (TPSA) is 78.4 Å². The maximum atomic E-state index is 12.2. The van der Waals surface area contributed by atoms with Crippen LogP contribution >= 0.6 is 0 Å². The molecule has 132 valence electrons. The average Bonchev–Trinajstić information content (AvgIpc) is 2.66. The van der Waals surface area contributed by atoms with E-state index in [1.165, 1.54) is 27.5 Å². The maximum absolute atomic E-state index is 12.2. The lowest BCUT2D eigenvalue weighted by atomic mass is 10.2. The molecule has 7 heteroatoms. The summed E-state index contributed by atoms with van der Waals surface area (Å²) in [7, 11) is 6.08. The molecule has 2 aromatic rings. The molecule has 0 unspecified atom stereocenters. The number of hydrazone groups is 1. The van der Waals surface area contributed by atoms with E-state index in [4.69, 9.17) is 18.9 Å². The first-order chi connectivity index (χ1) is 12.2. The maximum Gasteiger partial charge on any atom is 0.275 e. The van der Waals surface area contributed by atoms with E-state index in [1.54, 1.807) is 43.5 Å². The smallest absolute Gasteiger partial charge is 0.275 e. The van der Waals surface area contributed by atoms with E-state index in [0.29, 0.717) is 34.1 Å². The number of hydrogen-bond donors (Lipinski definition) is 1. The van der Waals surface area contributed by atoms with Crippen LogP contribution in [0.5, 0.6) is 23.0 Å². The number of hydrogen-bond acceptors (Lipinski definition) is 6. The second-order valence-corrected chi connectivity index (χ2v) is 4.82. The highest BCUT2D eigenvalue weighted by molar-refractivity contribution is 5.97. The van der Waals surface area contributed by atoms with Gasteiger partial charge in [0.1, 0.15) is 5.75 Å². The van der Waals surface area contributed by atoms with Gasteiger partial charge in [0.2, 0.25) is 5.75 Å². The Morgan fingerprint density at radius 2 is 1.56 bits per heavy atom. The van der Waals surface area contributed by atoms with E-state index in [0.717, 1.165) is 0 Å². The van der Waals surface area contributed by atoms with Crippen LogP contribution in [0.15, 0.2) is 41.5 Å². The minimum atomic E-state index is -0.381. The van der Waals surface area contributed by atoms with Crippen molar-refractivity contribution >= 4 is 12.1 Å². The fraction of sp³-hybridized carbons (Fsp3) is 0.222. The van der Waals surface area contributed by atoms with Crippen molar-refractivity contribution in [2.75, 3.05) is 28.4 Å². The van der Waals surface area contributed by atoms with Gasteiger partial charge >= 0.3 is 0 Å². The molecule has 0 radical (unpaired) electrons. The number of nitrogens with one attached hydrogen (secondary N) is 1. The van der Waals surface area contributed by atoms with Gasteiger partial charge in [-0.25, -0.2) is 5.43 Å². The first-order valence-corrected chi connectivity index (χ1v) is 7.41. The predicted octanol–water partition coefficient (Wildman–Crippen LogP) is 2.48. The molecule has 0 heterocycles. The van der Waals surface area contributed by atoms with Crippen LogP contribution in [-0.2, 0) is 0 Å². The zero-order valence-electron chi connectivity index (χ0n) is 14.5. The zero-order valence-corrected chi connectivity index (χ0v) is 14.5. The van der Waals surface area contributed by atoms with E-state index < -0.39 is 0 Å². The van der Waals surface area contributed by atoms with Crippen molar-refractivity contribution in [3.8, 4) is 23.0 Å². The van der Waals surface area contributed by atoms with Gasteiger partial charge in [0, 0.05) is 5.56 Å². The Kier molecular flexibility index (Phi) is 6.22. The number of para-hydroxylation sites is 1. The first kappa shape index (κ1) is 18.1. The van der Waals surface area contributed by atoms with Gasteiger partial charge in [-0.2, -0.15) is 5.10 Å². The molecule has 0 spiro atoms. The molecule has 0 bridgehead atoms. The average molecular weight is 344 g/mol. The molecule has 1 N–H and O–H groups in total. The molecule has 2 aromatic carbocycles. The van der Waals surface area contributed by atoms with Crippen molar-refractivity contribution in [3.05, 3.63) is 47.5 Å². The van der Waals surface area contributed by atoms with E-state index in [2.05, 4.69) is 10.5 Å². The Morgan fingerprint density at radius 3 is 2.20 bits per heavy atom. The Morgan fingerprint density at radius 1 is 0.880 bits per heavy atom. The summed E-state index contributed by atoms with van der Waals surface area (Å²) in [6, 6.07) is 10.4. The monoisotopic (exact) mass is 344 g/mol. The Balaban J connectivity index is 2.21. The highest BCUT2D eigenvalue weighted by Crippen LogP contribution is 2.38. The third-order valence-electron chi connectivity index (χ3n) is 3.46. The second-order valence-electron chi connectivity index (χ2n) is 4.82. The molecule has 0 aromatic heterocycles. The minimum absolute atomic E-state index is 0.381. The van der Waals surface area contributed by atoms with Gasteiger partial charge in [0.05, 0.1) is 40.2 Å². The van der Waals surface area contributed by atoms with Crippen molar-refractivity contribution in [1.82, 2.24) is 5.43 Å². The summed E-state index contributed by atoms with van der Waals surface area (Å²) >= 11 is 0. The number of rotatable bonds is 7. The third-order valence-corrected chi connectivity index (χ3v) is 3.46. The molecule has 0 aliphatic carbocycles. The van der Waals surface area contributed by atoms with Crippen LogP contribution in [0.2, 0.25) is 0 Å². The Hall–Kier alpha value is -3.22. The van der Waals surface area contributed by atoms with Crippen molar-refractivity contribution in [2.24, 2.45) is 5.10 Å². The van der Waals surface area contributed by atoms with Gasteiger partial charge in [0.25, 0.3) is 5.91 Å². The van der Waals surface area contributed by atoms with Crippen LogP contribution in [-0.4, -0.2) is 40.6 Å². The van der Waals surface area contributed by atoms with E-state index >= 15 is 0 Å². The fourth-order valence-corrected chi connectivity index (χ4v) is 2.28. The Bertz CT molecular complexity index is 774. The van der Waals surface area contributed by atoms with Gasteiger partial charge in [-0.1, -0.05) is 12.1 Å². The van der Waals surface area contributed by atoms with Gasteiger partial charge in [0.15, 0.2) is 11.5 Å². The minimum Gasteiger partial charge on any atom is -0.496 e. The van der Waals surface area contributed by atoms with Gasteiger partial charge in [-0.3, -0.25) is 4.79 Å². The summed E-state index contributed by atoms with van der Waals surface area (Å²) < 4.78 is 21.1. The number of benzene rings is 2. The molecule has 0 aliphatic heterocycles. The number of carbonyl (C=O) groups is 1. The molecular formula is C18H20N2O5. The summed E-state index contributed by atoms with van der Waals surface area (Å²) in [5.41, 5.74) is 3.48. The van der Waals surface area contributed by atoms with Crippen LogP contribution < -0.4 is 24.4 Å². The molecule has 25 heavy (non-hydrogen) atoms. The zero-order chi connectivity index (χ0) is 18.2. The molecule has 0 saturated heterocycles. The quantitative estimate of drug-likeness (QED) is 0.617. The van der Waals surface area contributed by atoms with Crippen molar-refractivity contribution in [2.45, 2.75) is 0 Å². The summed E-state index contributed by atoms with van der Waals surface area (Å²) in [6.45, 7) is 0. The van der Waals surface area contributed by atoms with E-state index in [1.807, 2.05) is 0 Å². The third kappa shape index (κ3) is 4.00. The van der Waals surface area contributed by atoms with Crippen LogP contribution in [0.4, 0.5) is 0 Å². The predicted molar refractivity (Wildman–Crippen MR) is 94.2 cm³/mol. The van der Waals surface area contributed by atoms with Crippen LogP contribution in [0, 0.1) is 0 Å². The molecule has 0 aliphatic rings. The standard InChI is InChI=1S/C18H20N2O5/c1-22-14-8-6-5-7-13(14)18(21)20-19-11-12-9-10-15(23-2)17(25-4)16(12)24-3/h5-11H,1-4H3,(H,20,21). The molecule has 0 fully saturated rings. The number of ether oxygens (including phenoxy) is 4. The van der Waals surface area contributed by atoms with E-state index in [9.17, 15) is 4.79 Å². The van der Waals surface area contributed by atoms with Crippen LogP contribution in [0.25, 0.3) is 0 Å². The number of amides is 1. The van der Waals surface area contributed by atoms with Crippen molar-refractivity contribution in [3.63, 3.8) is 0 Å². The normalized spacial score (nSPS) is 10.4. The lowest BCUT2D eigenvalue weighted by Crippen LogP contribution is -2.18.